The first kappa shape index (κ1) is 23.0. The number of carbonyl (C=O) groups is 1. The summed E-state index contributed by atoms with van der Waals surface area (Å²) >= 11 is 1.39. The minimum Gasteiger partial charge on any atom is -0.493 e. The molecule has 1 fully saturated rings. The molecule has 0 radical (unpaired) electrons. The van der Waals surface area contributed by atoms with E-state index in [1.807, 2.05) is 83.4 Å². The molecule has 1 heterocycles. The van der Waals surface area contributed by atoms with Gasteiger partial charge >= 0.3 is 0 Å². The topological polar surface area (TPSA) is 78.3 Å². The highest BCUT2D eigenvalue weighted by atomic mass is 32.2. The van der Waals surface area contributed by atoms with E-state index in [9.17, 15) is 4.79 Å². The zero-order valence-corrected chi connectivity index (χ0v) is 20.4. The molecule has 0 spiro atoms. The number of hydrogen-bond acceptors (Lipinski definition) is 6. The van der Waals surface area contributed by atoms with Gasteiger partial charge in [-0.3, -0.25) is 9.36 Å². The first-order valence-electron chi connectivity index (χ1n) is 11.4. The first-order valence-corrected chi connectivity index (χ1v) is 12.3. The van der Waals surface area contributed by atoms with Crippen molar-refractivity contribution < 1.29 is 14.3 Å². The van der Waals surface area contributed by atoms with E-state index in [2.05, 4.69) is 15.5 Å². The number of methoxy groups -OCH3 is 2. The lowest BCUT2D eigenvalue weighted by Gasteiger charge is -2.18. The molecule has 7 nitrogen and oxygen atoms in total. The van der Waals surface area contributed by atoms with Crippen LogP contribution in [0, 0.1) is 0 Å². The normalized spacial score (nSPS) is 13.8. The summed E-state index contributed by atoms with van der Waals surface area (Å²) in [5, 5.41) is 12.4. The van der Waals surface area contributed by atoms with Crippen LogP contribution in [0.25, 0.3) is 17.1 Å². The Morgan fingerprint density at radius 1 is 0.943 bits per heavy atom. The van der Waals surface area contributed by atoms with E-state index in [4.69, 9.17) is 9.47 Å². The van der Waals surface area contributed by atoms with Crippen molar-refractivity contribution in [3.8, 4) is 28.6 Å². The third-order valence-corrected chi connectivity index (χ3v) is 6.98. The Balaban J connectivity index is 1.60. The summed E-state index contributed by atoms with van der Waals surface area (Å²) in [5.41, 5.74) is 2.64. The molecule has 1 saturated carbocycles. The van der Waals surface area contributed by atoms with Crippen LogP contribution < -0.4 is 14.8 Å². The number of nitrogens with zero attached hydrogens (tertiary/aromatic N) is 3. The number of carbonyl (C=O) groups excluding carboxylic acids is 1. The molecular formula is C27H26N4O3S. The van der Waals surface area contributed by atoms with Crippen LogP contribution in [0.5, 0.6) is 11.5 Å². The third-order valence-electron chi connectivity index (χ3n) is 5.78. The second kappa shape index (κ2) is 10.2. The largest absolute Gasteiger partial charge is 0.493 e. The maximum Gasteiger partial charge on any atom is 0.238 e. The summed E-state index contributed by atoms with van der Waals surface area (Å²) in [6.45, 7) is 0. The van der Waals surface area contributed by atoms with Gasteiger partial charge in [0.15, 0.2) is 22.5 Å². The highest BCUT2D eigenvalue weighted by molar-refractivity contribution is 8.00. The summed E-state index contributed by atoms with van der Waals surface area (Å²) in [4.78, 5) is 13.3. The Morgan fingerprint density at radius 2 is 1.63 bits per heavy atom. The summed E-state index contributed by atoms with van der Waals surface area (Å²) < 4.78 is 12.9. The Hall–Kier alpha value is -3.78. The van der Waals surface area contributed by atoms with E-state index >= 15 is 0 Å². The lowest BCUT2D eigenvalue weighted by Crippen LogP contribution is -2.29. The van der Waals surface area contributed by atoms with Crippen LogP contribution in [-0.2, 0) is 4.79 Å². The third kappa shape index (κ3) is 5.02. The number of ether oxygens (including phenoxy) is 2. The highest BCUT2D eigenvalue weighted by Crippen LogP contribution is 2.39. The van der Waals surface area contributed by atoms with Crippen LogP contribution in [0.2, 0.25) is 0 Å². The number of benzene rings is 3. The van der Waals surface area contributed by atoms with Crippen molar-refractivity contribution in [1.29, 1.82) is 0 Å². The Bertz CT molecular complexity index is 1310. The van der Waals surface area contributed by atoms with Crippen LogP contribution in [0.1, 0.15) is 23.7 Å². The van der Waals surface area contributed by atoms with Crippen LogP contribution in [0.4, 0.5) is 0 Å². The maximum atomic E-state index is 13.3. The van der Waals surface area contributed by atoms with Gasteiger partial charge in [0, 0.05) is 17.7 Å². The van der Waals surface area contributed by atoms with E-state index in [0.29, 0.717) is 22.5 Å². The molecule has 1 atom stereocenters. The molecule has 0 bridgehead atoms. The van der Waals surface area contributed by atoms with Gasteiger partial charge in [-0.05, 0) is 30.5 Å². The van der Waals surface area contributed by atoms with Crippen LogP contribution >= 0.6 is 11.8 Å². The van der Waals surface area contributed by atoms with E-state index < -0.39 is 5.25 Å². The number of amides is 1. The lowest BCUT2D eigenvalue weighted by atomic mass is 10.1. The maximum absolute atomic E-state index is 13.3. The van der Waals surface area contributed by atoms with Crippen LogP contribution in [-0.4, -0.2) is 40.9 Å². The SMILES string of the molecule is COc1ccc(-n2c(S[C@H](C(=O)NC3CC3)c3ccccc3)nnc2-c2ccccc2)cc1OC. The van der Waals surface area contributed by atoms with Gasteiger partial charge in [-0.1, -0.05) is 72.4 Å². The molecule has 1 aromatic heterocycles. The molecule has 4 aromatic rings. The van der Waals surface area contributed by atoms with Gasteiger partial charge in [-0.25, -0.2) is 0 Å². The highest BCUT2D eigenvalue weighted by Gasteiger charge is 2.31. The number of hydrogen-bond donors (Lipinski definition) is 1. The molecule has 0 unspecified atom stereocenters. The van der Waals surface area contributed by atoms with E-state index in [0.717, 1.165) is 29.7 Å². The Kier molecular flexibility index (Phi) is 6.72. The molecule has 1 aliphatic carbocycles. The molecule has 0 aliphatic heterocycles. The first-order chi connectivity index (χ1) is 17.2. The van der Waals surface area contributed by atoms with Gasteiger partial charge in [-0.15, -0.1) is 10.2 Å². The van der Waals surface area contributed by atoms with E-state index in [1.54, 1.807) is 14.2 Å². The number of aromatic nitrogens is 3. The molecule has 8 heteroatoms. The number of rotatable bonds is 9. The summed E-state index contributed by atoms with van der Waals surface area (Å²) in [5.74, 6) is 1.88. The summed E-state index contributed by atoms with van der Waals surface area (Å²) in [6.07, 6.45) is 2.05. The fraction of sp³-hybridized carbons (Fsp3) is 0.222. The average molecular weight is 487 g/mol. The number of nitrogens with one attached hydrogen (secondary N) is 1. The fourth-order valence-corrected chi connectivity index (χ4v) is 4.89. The van der Waals surface area contributed by atoms with Crippen LogP contribution in [0.3, 0.4) is 0 Å². The van der Waals surface area contributed by atoms with E-state index in [-0.39, 0.29) is 11.9 Å². The molecule has 3 aromatic carbocycles. The zero-order valence-electron chi connectivity index (χ0n) is 19.5. The van der Waals surface area contributed by atoms with Crippen molar-refractivity contribution in [2.75, 3.05) is 14.2 Å². The average Bonchev–Trinajstić information content (AvgIpc) is 3.63. The van der Waals surface area contributed by atoms with Gasteiger partial charge in [-0.2, -0.15) is 0 Å². The Morgan fingerprint density at radius 3 is 2.29 bits per heavy atom. The van der Waals surface area contributed by atoms with Crippen molar-refractivity contribution in [1.82, 2.24) is 20.1 Å². The molecule has 0 saturated heterocycles. The summed E-state index contributed by atoms with van der Waals surface area (Å²) in [6, 6.07) is 25.6. The van der Waals surface area contributed by atoms with E-state index in [1.165, 1.54) is 11.8 Å². The Labute approximate surface area is 208 Å². The quantitative estimate of drug-likeness (QED) is 0.333. The predicted octanol–water partition coefficient (Wildman–Crippen LogP) is 5.06. The van der Waals surface area contributed by atoms with Crippen LogP contribution in [0.15, 0.2) is 84.0 Å². The van der Waals surface area contributed by atoms with Gasteiger partial charge in [0.2, 0.25) is 5.91 Å². The zero-order chi connectivity index (χ0) is 24.2. The van der Waals surface area contributed by atoms with Crippen molar-refractivity contribution in [2.45, 2.75) is 29.3 Å². The molecule has 5 rings (SSSR count). The second-order valence-electron chi connectivity index (χ2n) is 8.24. The van der Waals surface area contributed by atoms with Crippen molar-refractivity contribution in [2.24, 2.45) is 0 Å². The minimum atomic E-state index is -0.469. The molecule has 178 valence electrons. The smallest absolute Gasteiger partial charge is 0.238 e. The van der Waals surface area contributed by atoms with Crippen molar-refractivity contribution >= 4 is 17.7 Å². The fourth-order valence-electron chi connectivity index (χ4n) is 3.83. The van der Waals surface area contributed by atoms with Gasteiger partial charge in [0.1, 0.15) is 5.25 Å². The lowest BCUT2D eigenvalue weighted by molar-refractivity contribution is -0.120. The monoisotopic (exact) mass is 486 g/mol. The second-order valence-corrected chi connectivity index (χ2v) is 9.31. The standard InChI is InChI=1S/C27H26N4O3S/c1-33-22-16-15-21(17-23(22)34-2)31-25(19-11-7-4-8-12-19)29-30-27(31)35-24(18-9-5-3-6-10-18)26(32)28-20-13-14-20/h3-12,15-17,20,24H,13-14H2,1-2H3,(H,28,32)/t24-/m0/s1. The van der Waals surface area contributed by atoms with Crippen molar-refractivity contribution in [3.63, 3.8) is 0 Å². The summed E-state index contributed by atoms with van der Waals surface area (Å²) in [7, 11) is 3.21. The molecule has 1 aliphatic rings. The number of thioether (sulfide) groups is 1. The van der Waals surface area contributed by atoms with Gasteiger partial charge < -0.3 is 14.8 Å². The van der Waals surface area contributed by atoms with Gasteiger partial charge in [0.25, 0.3) is 0 Å². The molecular weight excluding hydrogens is 460 g/mol. The minimum absolute atomic E-state index is 0.0215. The predicted molar refractivity (Wildman–Crippen MR) is 136 cm³/mol. The molecule has 35 heavy (non-hydrogen) atoms. The van der Waals surface area contributed by atoms with Crippen molar-refractivity contribution in [3.05, 3.63) is 84.4 Å². The molecule has 1 N–H and O–H groups in total. The van der Waals surface area contributed by atoms with Gasteiger partial charge in [0.05, 0.1) is 19.9 Å². The molecule has 1 amide bonds.